The summed E-state index contributed by atoms with van der Waals surface area (Å²) in [5, 5.41) is 11.9. The molecule has 4 rings (SSSR count). The number of carbonyl (C=O) groups excluding carboxylic acids is 1. The van der Waals surface area contributed by atoms with E-state index in [1.54, 1.807) is 0 Å². The maximum atomic E-state index is 12.5. The number of Topliss-reactive ketones (excluding diaryl/α,β-unsaturated/α-hetero) is 1. The number of benzene rings is 3. The molecule has 1 N–H and O–H groups in total. The first-order chi connectivity index (χ1) is 15.0. The molecule has 0 spiro atoms. The number of nitrogens with zero attached hydrogens (tertiary/aromatic N) is 1. The predicted molar refractivity (Wildman–Crippen MR) is 128 cm³/mol. The maximum Gasteiger partial charge on any atom is 0.162 e. The first-order valence-electron chi connectivity index (χ1n) is 11.0. The fraction of sp³-hybridized carbons (Fsp3) is 0.296. The van der Waals surface area contributed by atoms with Gasteiger partial charge in [-0.3, -0.25) is 4.79 Å². The van der Waals surface area contributed by atoms with Crippen molar-refractivity contribution in [3.05, 3.63) is 88.9 Å². The Kier molecular flexibility index (Phi) is 6.45. The van der Waals surface area contributed by atoms with Gasteiger partial charge in [0.15, 0.2) is 5.78 Å². The number of hydrogen-bond donors (Lipinski definition) is 1. The lowest BCUT2D eigenvalue weighted by Gasteiger charge is -2.40. The first-order valence-corrected chi connectivity index (χ1v) is 11.3. The van der Waals surface area contributed by atoms with Crippen molar-refractivity contribution < 1.29 is 9.90 Å². The van der Waals surface area contributed by atoms with E-state index in [0.717, 1.165) is 47.5 Å². The highest BCUT2D eigenvalue weighted by molar-refractivity contribution is 6.30. The van der Waals surface area contributed by atoms with Crippen LogP contribution in [-0.2, 0) is 5.60 Å². The summed E-state index contributed by atoms with van der Waals surface area (Å²) in [5.41, 5.74) is 4.11. The number of hydrogen-bond acceptors (Lipinski definition) is 3. The highest BCUT2D eigenvalue weighted by Gasteiger charge is 2.34. The molecule has 0 amide bonds. The van der Waals surface area contributed by atoms with E-state index in [1.807, 2.05) is 61.5 Å². The van der Waals surface area contributed by atoms with Gasteiger partial charge >= 0.3 is 0 Å². The van der Waals surface area contributed by atoms with Gasteiger partial charge in [0.2, 0.25) is 0 Å². The van der Waals surface area contributed by atoms with Crippen LogP contribution in [0.1, 0.15) is 48.5 Å². The topological polar surface area (TPSA) is 40.5 Å². The summed E-state index contributed by atoms with van der Waals surface area (Å²) in [5.74, 6) is 0.182. The maximum absolute atomic E-state index is 12.5. The third-order valence-electron chi connectivity index (χ3n) is 6.19. The van der Waals surface area contributed by atoms with Crippen LogP contribution in [0.4, 0.5) is 5.69 Å². The second-order valence-electron chi connectivity index (χ2n) is 8.30. The molecule has 3 nitrogen and oxygen atoms in total. The van der Waals surface area contributed by atoms with E-state index in [1.165, 1.54) is 0 Å². The number of ketones is 1. The standard InChI is InChI=1S/C27H28ClNO2/c1-2-6-26(30)21-9-14-25(24(19-21)20-7-4-3-5-8-20)29-17-15-27(31,16-18-29)22-10-12-23(28)13-11-22/h3-5,7-14,19,31H,2,6,15-18H2,1H3. The lowest BCUT2D eigenvalue weighted by molar-refractivity contribution is 0.0118. The van der Waals surface area contributed by atoms with Crippen molar-refractivity contribution in [3.8, 4) is 11.1 Å². The molecule has 0 radical (unpaired) electrons. The minimum absolute atomic E-state index is 0.182. The minimum atomic E-state index is -0.842. The predicted octanol–water partition coefficient (Wildman–Crippen LogP) is 6.48. The van der Waals surface area contributed by atoms with Crippen molar-refractivity contribution in [1.82, 2.24) is 0 Å². The summed E-state index contributed by atoms with van der Waals surface area (Å²) in [7, 11) is 0. The van der Waals surface area contributed by atoms with Gasteiger partial charge in [-0.1, -0.05) is 61.0 Å². The summed E-state index contributed by atoms with van der Waals surface area (Å²) >= 11 is 6.02. The van der Waals surface area contributed by atoms with Crippen molar-refractivity contribution in [2.75, 3.05) is 18.0 Å². The lowest BCUT2D eigenvalue weighted by atomic mass is 9.84. The number of anilines is 1. The minimum Gasteiger partial charge on any atom is -0.385 e. The Hall–Kier alpha value is -2.62. The third kappa shape index (κ3) is 4.68. The Morgan fingerprint density at radius 1 is 1.00 bits per heavy atom. The summed E-state index contributed by atoms with van der Waals surface area (Å²) in [6.07, 6.45) is 2.68. The Bertz CT molecular complexity index is 1040. The first kappa shape index (κ1) is 21.6. The molecule has 31 heavy (non-hydrogen) atoms. The molecule has 0 saturated carbocycles. The third-order valence-corrected chi connectivity index (χ3v) is 6.45. The SMILES string of the molecule is CCCC(=O)c1ccc(N2CCC(O)(c3ccc(Cl)cc3)CC2)c(-c2ccccc2)c1. The Labute approximate surface area is 189 Å². The Balaban J connectivity index is 1.62. The monoisotopic (exact) mass is 433 g/mol. The van der Waals surface area contributed by atoms with Gasteiger partial charge in [0.1, 0.15) is 0 Å². The van der Waals surface area contributed by atoms with Gasteiger partial charge in [-0.2, -0.15) is 0 Å². The van der Waals surface area contributed by atoms with Crippen LogP contribution in [0.15, 0.2) is 72.8 Å². The average molecular weight is 434 g/mol. The van der Waals surface area contributed by atoms with Crippen LogP contribution in [-0.4, -0.2) is 24.0 Å². The number of piperidine rings is 1. The van der Waals surface area contributed by atoms with Gasteiger partial charge in [0.05, 0.1) is 5.60 Å². The van der Waals surface area contributed by atoms with Crippen molar-refractivity contribution in [2.45, 2.75) is 38.2 Å². The molecule has 1 aliphatic heterocycles. The summed E-state index contributed by atoms with van der Waals surface area (Å²) < 4.78 is 0. The zero-order valence-corrected chi connectivity index (χ0v) is 18.6. The second-order valence-corrected chi connectivity index (χ2v) is 8.73. The molecule has 0 unspecified atom stereocenters. The van der Waals surface area contributed by atoms with Crippen molar-refractivity contribution >= 4 is 23.1 Å². The summed E-state index contributed by atoms with van der Waals surface area (Å²) in [6.45, 7) is 3.50. The molecule has 3 aromatic carbocycles. The van der Waals surface area contributed by atoms with E-state index >= 15 is 0 Å². The van der Waals surface area contributed by atoms with Crippen LogP contribution in [0.5, 0.6) is 0 Å². The van der Waals surface area contributed by atoms with Crippen molar-refractivity contribution in [3.63, 3.8) is 0 Å². The molecule has 160 valence electrons. The number of halogens is 1. The molecule has 4 heteroatoms. The summed E-state index contributed by atoms with van der Waals surface area (Å²) in [4.78, 5) is 14.8. The molecule has 1 heterocycles. The van der Waals surface area contributed by atoms with E-state index in [9.17, 15) is 9.90 Å². The highest BCUT2D eigenvalue weighted by atomic mass is 35.5. The van der Waals surface area contributed by atoms with E-state index in [4.69, 9.17) is 11.6 Å². The van der Waals surface area contributed by atoms with E-state index < -0.39 is 5.60 Å². The summed E-state index contributed by atoms with van der Waals surface area (Å²) in [6, 6.07) is 23.8. The van der Waals surface area contributed by atoms with E-state index in [2.05, 4.69) is 23.1 Å². The quantitative estimate of drug-likeness (QED) is 0.452. The molecular formula is C27H28ClNO2. The number of aliphatic hydroxyl groups is 1. The van der Waals surface area contributed by atoms with Crippen LogP contribution in [0, 0.1) is 0 Å². The molecule has 0 bridgehead atoms. The van der Waals surface area contributed by atoms with Crippen LogP contribution in [0.3, 0.4) is 0 Å². The molecule has 1 saturated heterocycles. The molecule has 1 fully saturated rings. The molecule has 0 atom stereocenters. The molecule has 3 aromatic rings. The van der Waals surface area contributed by atoms with Crippen molar-refractivity contribution in [1.29, 1.82) is 0 Å². The zero-order valence-electron chi connectivity index (χ0n) is 17.9. The van der Waals surface area contributed by atoms with Gasteiger partial charge < -0.3 is 10.0 Å². The van der Waals surface area contributed by atoms with Gasteiger partial charge in [-0.15, -0.1) is 0 Å². The largest absolute Gasteiger partial charge is 0.385 e. The van der Waals surface area contributed by atoms with Gasteiger partial charge in [0, 0.05) is 41.3 Å². The second kappa shape index (κ2) is 9.25. The molecular weight excluding hydrogens is 406 g/mol. The highest BCUT2D eigenvalue weighted by Crippen LogP contribution is 2.38. The Morgan fingerprint density at radius 3 is 2.32 bits per heavy atom. The van der Waals surface area contributed by atoms with Crippen LogP contribution in [0.2, 0.25) is 5.02 Å². The zero-order chi connectivity index (χ0) is 21.8. The van der Waals surface area contributed by atoms with E-state index in [0.29, 0.717) is 24.3 Å². The number of carbonyl (C=O) groups is 1. The van der Waals surface area contributed by atoms with E-state index in [-0.39, 0.29) is 5.78 Å². The van der Waals surface area contributed by atoms with Crippen LogP contribution in [0.25, 0.3) is 11.1 Å². The fourth-order valence-electron chi connectivity index (χ4n) is 4.37. The smallest absolute Gasteiger partial charge is 0.162 e. The molecule has 0 aliphatic carbocycles. The van der Waals surface area contributed by atoms with Gasteiger partial charge in [-0.05, 0) is 60.7 Å². The fourth-order valence-corrected chi connectivity index (χ4v) is 4.50. The number of rotatable bonds is 6. The lowest BCUT2D eigenvalue weighted by Crippen LogP contribution is -2.42. The van der Waals surface area contributed by atoms with Gasteiger partial charge in [-0.25, -0.2) is 0 Å². The Morgan fingerprint density at radius 2 is 1.68 bits per heavy atom. The average Bonchev–Trinajstić information content (AvgIpc) is 2.80. The normalized spacial score (nSPS) is 15.6. The van der Waals surface area contributed by atoms with Crippen LogP contribution < -0.4 is 4.90 Å². The molecule has 0 aromatic heterocycles. The van der Waals surface area contributed by atoms with Crippen LogP contribution >= 0.6 is 11.6 Å². The molecule has 1 aliphatic rings. The van der Waals surface area contributed by atoms with Gasteiger partial charge in [0.25, 0.3) is 0 Å². The van der Waals surface area contributed by atoms with Crippen molar-refractivity contribution in [2.24, 2.45) is 0 Å².